The average molecular weight is 227 g/mol. The minimum atomic E-state index is -0.542. The molecule has 0 aliphatic rings. The predicted molar refractivity (Wildman–Crippen MR) is 61.4 cm³/mol. The van der Waals surface area contributed by atoms with Crippen LogP contribution in [0.25, 0.3) is 0 Å². The Balaban J connectivity index is 2.67. The van der Waals surface area contributed by atoms with Gasteiger partial charge in [-0.3, -0.25) is 4.79 Å². The number of carbonyl (C=O) groups is 1. The average Bonchev–Trinajstić information content (AvgIpc) is 2.26. The van der Waals surface area contributed by atoms with Crippen LogP contribution in [-0.4, -0.2) is 11.3 Å². The van der Waals surface area contributed by atoms with E-state index in [9.17, 15) is 4.79 Å². The minimum absolute atomic E-state index is 0.447. The fourth-order valence-electron chi connectivity index (χ4n) is 1.26. The van der Waals surface area contributed by atoms with Crippen LogP contribution in [0.2, 0.25) is 0 Å². The van der Waals surface area contributed by atoms with Crippen LogP contribution < -0.4 is 4.74 Å². The van der Waals surface area contributed by atoms with Gasteiger partial charge in [0.05, 0.1) is 0 Å². The van der Waals surface area contributed by atoms with E-state index >= 15 is 0 Å². The molecule has 1 rings (SSSR count). The monoisotopic (exact) mass is 226 g/mol. The molecule has 0 amide bonds. The summed E-state index contributed by atoms with van der Waals surface area (Å²) in [6, 6.07) is 7.70. The second kappa shape index (κ2) is 5.76. The molecular weight excluding hydrogens is 212 g/mol. The Labute approximate surface area is 95.2 Å². The van der Waals surface area contributed by atoms with E-state index in [1.54, 1.807) is 0 Å². The zero-order valence-electron chi connectivity index (χ0n) is 9.00. The lowest BCUT2D eigenvalue weighted by molar-refractivity contribution is -0.117. The lowest BCUT2D eigenvalue weighted by Gasteiger charge is -2.13. The molecule has 3 heteroatoms. The van der Waals surface area contributed by atoms with E-state index in [0.29, 0.717) is 12.2 Å². The van der Waals surface area contributed by atoms with Crippen molar-refractivity contribution in [3.05, 3.63) is 29.8 Å². The highest BCUT2D eigenvalue weighted by atomic mass is 35.5. The van der Waals surface area contributed by atoms with Gasteiger partial charge in [-0.15, -0.1) is 0 Å². The number of benzene rings is 1. The molecule has 0 spiro atoms. The topological polar surface area (TPSA) is 26.3 Å². The zero-order valence-corrected chi connectivity index (χ0v) is 9.75. The highest BCUT2D eigenvalue weighted by molar-refractivity contribution is 6.64. The fourth-order valence-corrected chi connectivity index (χ4v) is 1.46. The highest BCUT2D eigenvalue weighted by Gasteiger charge is 2.15. The molecular formula is C12H15ClO2. The van der Waals surface area contributed by atoms with E-state index < -0.39 is 11.3 Å². The SMILES string of the molecule is CCc1ccc(OC(CC)C(=O)Cl)cc1. The third-order valence-electron chi connectivity index (χ3n) is 2.23. The van der Waals surface area contributed by atoms with Crippen molar-refractivity contribution in [1.82, 2.24) is 0 Å². The molecule has 82 valence electrons. The van der Waals surface area contributed by atoms with Gasteiger partial charge in [-0.2, -0.15) is 0 Å². The summed E-state index contributed by atoms with van der Waals surface area (Å²) in [6.07, 6.45) is 1.03. The van der Waals surface area contributed by atoms with Crippen molar-refractivity contribution < 1.29 is 9.53 Å². The first-order valence-electron chi connectivity index (χ1n) is 5.12. The van der Waals surface area contributed by atoms with E-state index in [-0.39, 0.29) is 0 Å². The summed E-state index contributed by atoms with van der Waals surface area (Å²) in [5.74, 6) is 0.688. The van der Waals surface area contributed by atoms with Crippen molar-refractivity contribution >= 4 is 16.8 Å². The molecule has 1 atom stereocenters. The zero-order chi connectivity index (χ0) is 11.3. The van der Waals surface area contributed by atoms with Crippen LogP contribution in [0, 0.1) is 0 Å². The van der Waals surface area contributed by atoms with Gasteiger partial charge < -0.3 is 4.74 Å². The molecule has 15 heavy (non-hydrogen) atoms. The summed E-state index contributed by atoms with van der Waals surface area (Å²) in [6.45, 7) is 3.96. The second-order valence-electron chi connectivity index (χ2n) is 3.32. The maximum absolute atomic E-state index is 10.9. The Morgan fingerprint density at radius 2 is 1.93 bits per heavy atom. The van der Waals surface area contributed by atoms with Gasteiger partial charge in [-0.1, -0.05) is 26.0 Å². The maximum atomic E-state index is 10.9. The summed E-state index contributed by atoms with van der Waals surface area (Å²) < 4.78 is 5.44. The number of aryl methyl sites for hydroxylation is 1. The van der Waals surface area contributed by atoms with Crippen molar-refractivity contribution in [3.63, 3.8) is 0 Å². The van der Waals surface area contributed by atoms with Crippen LogP contribution in [0.1, 0.15) is 25.8 Å². The van der Waals surface area contributed by atoms with Crippen LogP contribution in [-0.2, 0) is 11.2 Å². The summed E-state index contributed by atoms with van der Waals surface area (Å²) in [7, 11) is 0. The molecule has 0 heterocycles. The summed E-state index contributed by atoms with van der Waals surface area (Å²) in [5.41, 5.74) is 1.24. The molecule has 0 N–H and O–H groups in total. The first kappa shape index (κ1) is 12.1. The van der Waals surface area contributed by atoms with Gasteiger partial charge in [0.25, 0.3) is 5.24 Å². The van der Waals surface area contributed by atoms with Crippen molar-refractivity contribution in [2.75, 3.05) is 0 Å². The molecule has 0 saturated carbocycles. The number of ether oxygens (including phenoxy) is 1. The molecule has 0 aliphatic heterocycles. The maximum Gasteiger partial charge on any atom is 0.262 e. The summed E-state index contributed by atoms with van der Waals surface area (Å²) in [4.78, 5) is 10.9. The highest BCUT2D eigenvalue weighted by Crippen LogP contribution is 2.16. The van der Waals surface area contributed by atoms with Crippen molar-refractivity contribution in [3.8, 4) is 5.75 Å². The lowest BCUT2D eigenvalue weighted by Crippen LogP contribution is -2.22. The van der Waals surface area contributed by atoms with Gasteiger partial charge in [0, 0.05) is 0 Å². The summed E-state index contributed by atoms with van der Waals surface area (Å²) in [5, 5.41) is -0.447. The van der Waals surface area contributed by atoms with E-state index in [4.69, 9.17) is 16.3 Å². The van der Waals surface area contributed by atoms with Crippen LogP contribution in [0.4, 0.5) is 0 Å². The van der Waals surface area contributed by atoms with E-state index in [1.807, 2.05) is 31.2 Å². The molecule has 2 nitrogen and oxygen atoms in total. The van der Waals surface area contributed by atoms with Gasteiger partial charge >= 0.3 is 0 Å². The molecule has 0 aliphatic carbocycles. The Morgan fingerprint density at radius 3 is 2.33 bits per heavy atom. The third kappa shape index (κ3) is 3.56. The molecule has 0 radical (unpaired) electrons. The van der Waals surface area contributed by atoms with E-state index in [1.165, 1.54) is 5.56 Å². The van der Waals surface area contributed by atoms with Crippen molar-refractivity contribution in [2.45, 2.75) is 32.8 Å². The van der Waals surface area contributed by atoms with Gasteiger partial charge in [0.2, 0.25) is 0 Å². The molecule has 1 unspecified atom stereocenters. The van der Waals surface area contributed by atoms with E-state index in [2.05, 4.69) is 6.92 Å². The van der Waals surface area contributed by atoms with E-state index in [0.717, 1.165) is 6.42 Å². The van der Waals surface area contributed by atoms with Crippen LogP contribution in [0.5, 0.6) is 5.75 Å². The van der Waals surface area contributed by atoms with Crippen molar-refractivity contribution in [2.24, 2.45) is 0 Å². The Morgan fingerprint density at radius 1 is 1.33 bits per heavy atom. The van der Waals surface area contributed by atoms with Gasteiger partial charge in [-0.25, -0.2) is 0 Å². The minimum Gasteiger partial charge on any atom is -0.481 e. The smallest absolute Gasteiger partial charge is 0.262 e. The molecule has 0 saturated heterocycles. The fraction of sp³-hybridized carbons (Fsp3) is 0.417. The van der Waals surface area contributed by atoms with Gasteiger partial charge in [0.1, 0.15) is 5.75 Å². The second-order valence-corrected chi connectivity index (χ2v) is 3.69. The molecule has 0 bridgehead atoms. The number of carbonyl (C=O) groups excluding carboxylic acids is 1. The van der Waals surface area contributed by atoms with Crippen LogP contribution in [0.3, 0.4) is 0 Å². The number of halogens is 1. The Hall–Kier alpha value is -1.02. The Kier molecular flexibility index (Phi) is 4.63. The van der Waals surface area contributed by atoms with Gasteiger partial charge in [-0.05, 0) is 42.1 Å². The van der Waals surface area contributed by atoms with Gasteiger partial charge in [0.15, 0.2) is 6.10 Å². The van der Waals surface area contributed by atoms with Crippen LogP contribution in [0.15, 0.2) is 24.3 Å². The lowest BCUT2D eigenvalue weighted by atomic mass is 10.2. The standard InChI is InChI=1S/C12H15ClO2/c1-3-9-5-7-10(8-6-9)15-11(4-2)12(13)14/h5-8,11H,3-4H2,1-2H3. The number of rotatable bonds is 5. The first-order chi connectivity index (χ1) is 7.17. The molecule has 1 aromatic rings. The van der Waals surface area contributed by atoms with Crippen LogP contribution >= 0.6 is 11.6 Å². The quantitative estimate of drug-likeness (QED) is 0.721. The molecule has 0 aromatic heterocycles. The van der Waals surface area contributed by atoms with Crippen molar-refractivity contribution in [1.29, 1.82) is 0 Å². The third-order valence-corrected chi connectivity index (χ3v) is 2.48. The Bertz CT molecular complexity index is 319. The molecule has 1 aromatic carbocycles. The number of hydrogen-bond acceptors (Lipinski definition) is 2. The normalized spacial score (nSPS) is 12.2. The predicted octanol–water partition coefficient (Wildman–Crippen LogP) is 3.17. The summed E-state index contributed by atoms with van der Waals surface area (Å²) >= 11 is 5.39. The largest absolute Gasteiger partial charge is 0.481 e. The first-order valence-corrected chi connectivity index (χ1v) is 5.50. The number of hydrogen-bond donors (Lipinski definition) is 0. The molecule has 0 fully saturated rings.